The normalized spacial score (nSPS) is 9.89. The average molecular weight is 261 g/mol. The van der Waals surface area contributed by atoms with Crippen LogP contribution in [0.4, 0.5) is 15.8 Å². The molecule has 18 heavy (non-hydrogen) atoms. The van der Waals surface area contributed by atoms with Gasteiger partial charge in [-0.2, -0.15) is 5.26 Å². The van der Waals surface area contributed by atoms with E-state index in [9.17, 15) is 4.39 Å². The minimum atomic E-state index is -0.291. The largest absolute Gasteiger partial charge is 0.354 e. The van der Waals surface area contributed by atoms with E-state index in [2.05, 4.69) is 11.4 Å². The highest BCUT2D eigenvalue weighted by atomic mass is 35.5. The number of aryl methyl sites for hydroxylation is 1. The lowest BCUT2D eigenvalue weighted by atomic mass is 10.1. The Bertz CT molecular complexity index is 632. The fraction of sp³-hybridized carbons (Fsp3) is 0.0714. The van der Waals surface area contributed by atoms with Crippen molar-refractivity contribution in [2.45, 2.75) is 6.92 Å². The molecule has 0 aliphatic heterocycles. The second kappa shape index (κ2) is 5.07. The third kappa shape index (κ3) is 2.61. The van der Waals surface area contributed by atoms with Crippen molar-refractivity contribution in [2.24, 2.45) is 0 Å². The van der Waals surface area contributed by atoms with E-state index in [1.807, 2.05) is 0 Å². The Morgan fingerprint density at radius 3 is 2.67 bits per heavy atom. The van der Waals surface area contributed by atoms with Gasteiger partial charge in [-0.15, -0.1) is 0 Å². The molecule has 0 atom stereocenters. The Labute approximate surface area is 110 Å². The van der Waals surface area contributed by atoms with E-state index in [-0.39, 0.29) is 5.82 Å². The predicted octanol–water partition coefficient (Wildman–Crippen LogP) is 4.40. The molecule has 0 aliphatic rings. The van der Waals surface area contributed by atoms with Gasteiger partial charge in [0, 0.05) is 10.7 Å². The highest BCUT2D eigenvalue weighted by Gasteiger charge is 2.05. The van der Waals surface area contributed by atoms with Gasteiger partial charge in [0.15, 0.2) is 0 Å². The van der Waals surface area contributed by atoms with Crippen molar-refractivity contribution in [1.82, 2.24) is 0 Å². The van der Waals surface area contributed by atoms with Crippen molar-refractivity contribution in [3.05, 3.63) is 58.4 Å². The molecule has 0 saturated carbocycles. The van der Waals surface area contributed by atoms with E-state index >= 15 is 0 Å². The van der Waals surface area contributed by atoms with Gasteiger partial charge in [0.25, 0.3) is 0 Å². The first kappa shape index (κ1) is 12.4. The number of hydrogen-bond donors (Lipinski definition) is 1. The summed E-state index contributed by atoms with van der Waals surface area (Å²) in [5.74, 6) is -0.291. The van der Waals surface area contributed by atoms with Gasteiger partial charge in [-0.05, 0) is 42.8 Å². The lowest BCUT2D eigenvalue weighted by Crippen LogP contribution is -1.95. The molecule has 0 amide bonds. The van der Waals surface area contributed by atoms with E-state index in [0.29, 0.717) is 27.5 Å². The maximum Gasteiger partial charge on any atom is 0.128 e. The Morgan fingerprint density at radius 1 is 1.22 bits per heavy atom. The van der Waals surface area contributed by atoms with Gasteiger partial charge in [-0.25, -0.2) is 4.39 Å². The Kier molecular flexibility index (Phi) is 3.50. The molecule has 2 aromatic rings. The molecule has 0 spiro atoms. The molecule has 0 unspecified atom stereocenters. The van der Waals surface area contributed by atoms with Crippen molar-refractivity contribution in [1.29, 1.82) is 5.26 Å². The first-order chi connectivity index (χ1) is 8.60. The number of hydrogen-bond acceptors (Lipinski definition) is 2. The number of rotatable bonds is 2. The van der Waals surface area contributed by atoms with Crippen LogP contribution in [-0.2, 0) is 0 Å². The van der Waals surface area contributed by atoms with Crippen LogP contribution in [0.1, 0.15) is 11.1 Å². The van der Waals surface area contributed by atoms with Crippen molar-refractivity contribution < 1.29 is 4.39 Å². The lowest BCUT2D eigenvalue weighted by Gasteiger charge is -2.09. The van der Waals surface area contributed by atoms with Crippen molar-refractivity contribution >= 4 is 23.0 Å². The number of halogens is 2. The Hall–Kier alpha value is -2.05. The molecule has 2 nitrogen and oxygen atoms in total. The Balaban J connectivity index is 2.36. The quantitative estimate of drug-likeness (QED) is 0.869. The monoisotopic (exact) mass is 260 g/mol. The molecule has 2 aromatic carbocycles. The molecule has 0 bridgehead atoms. The highest BCUT2D eigenvalue weighted by Crippen LogP contribution is 2.25. The summed E-state index contributed by atoms with van der Waals surface area (Å²) in [5, 5.41) is 12.5. The number of anilines is 2. The van der Waals surface area contributed by atoms with Gasteiger partial charge in [0.1, 0.15) is 11.9 Å². The van der Waals surface area contributed by atoms with Gasteiger partial charge < -0.3 is 5.32 Å². The molecule has 0 aromatic heterocycles. The predicted molar refractivity (Wildman–Crippen MR) is 70.6 cm³/mol. The Morgan fingerprint density at radius 2 is 2.00 bits per heavy atom. The van der Waals surface area contributed by atoms with E-state index in [1.54, 1.807) is 37.3 Å². The van der Waals surface area contributed by atoms with Gasteiger partial charge in [-0.3, -0.25) is 0 Å². The average Bonchev–Trinajstić information content (AvgIpc) is 2.34. The van der Waals surface area contributed by atoms with E-state index in [0.717, 1.165) is 0 Å². The van der Waals surface area contributed by atoms with Crippen LogP contribution in [0.15, 0.2) is 36.4 Å². The number of nitrogens with one attached hydrogen (secondary N) is 1. The zero-order chi connectivity index (χ0) is 13.1. The van der Waals surface area contributed by atoms with Gasteiger partial charge >= 0.3 is 0 Å². The van der Waals surface area contributed by atoms with Crippen LogP contribution in [0.5, 0.6) is 0 Å². The number of benzene rings is 2. The van der Waals surface area contributed by atoms with Crippen molar-refractivity contribution in [3.63, 3.8) is 0 Å². The van der Waals surface area contributed by atoms with Crippen LogP contribution in [0.2, 0.25) is 5.02 Å². The van der Waals surface area contributed by atoms with Crippen LogP contribution in [-0.4, -0.2) is 0 Å². The first-order valence-corrected chi connectivity index (χ1v) is 5.71. The fourth-order valence-electron chi connectivity index (χ4n) is 1.54. The zero-order valence-electron chi connectivity index (χ0n) is 9.67. The number of nitriles is 1. The second-order valence-electron chi connectivity index (χ2n) is 3.89. The van der Waals surface area contributed by atoms with Gasteiger partial charge in [-0.1, -0.05) is 17.7 Å². The second-order valence-corrected chi connectivity index (χ2v) is 4.33. The summed E-state index contributed by atoms with van der Waals surface area (Å²) in [6, 6.07) is 11.8. The summed E-state index contributed by atoms with van der Waals surface area (Å²) in [6.07, 6.45) is 0. The summed E-state index contributed by atoms with van der Waals surface area (Å²) >= 11 is 5.87. The molecule has 0 saturated heterocycles. The molecule has 0 heterocycles. The minimum Gasteiger partial charge on any atom is -0.354 e. The molecule has 4 heteroatoms. The maximum atomic E-state index is 13.4. The summed E-state index contributed by atoms with van der Waals surface area (Å²) in [5.41, 5.74) is 2.18. The highest BCUT2D eigenvalue weighted by molar-refractivity contribution is 6.30. The van der Waals surface area contributed by atoms with Crippen molar-refractivity contribution in [3.8, 4) is 6.07 Å². The standard InChI is InChI=1S/C14H10ClFN2/c1-9-2-5-12(7-13(9)16)18-14-6-11(15)4-3-10(14)8-17/h2-7,18H,1H3. The molecule has 1 N–H and O–H groups in total. The molecule has 0 radical (unpaired) electrons. The third-order valence-corrected chi connectivity index (χ3v) is 2.79. The summed E-state index contributed by atoms with van der Waals surface area (Å²) in [4.78, 5) is 0. The van der Waals surface area contributed by atoms with Gasteiger partial charge in [0.05, 0.1) is 11.3 Å². The molecular formula is C14H10ClFN2. The summed E-state index contributed by atoms with van der Waals surface area (Å²) in [6.45, 7) is 1.69. The maximum absolute atomic E-state index is 13.4. The first-order valence-electron chi connectivity index (χ1n) is 5.33. The lowest BCUT2D eigenvalue weighted by molar-refractivity contribution is 0.619. The minimum absolute atomic E-state index is 0.291. The van der Waals surface area contributed by atoms with E-state index in [4.69, 9.17) is 16.9 Å². The summed E-state index contributed by atoms with van der Waals surface area (Å²) < 4.78 is 13.4. The number of nitrogens with zero attached hydrogens (tertiary/aromatic N) is 1. The molecule has 2 rings (SSSR count). The SMILES string of the molecule is Cc1ccc(Nc2cc(Cl)ccc2C#N)cc1F. The topological polar surface area (TPSA) is 35.8 Å². The molecule has 0 fully saturated rings. The molecular weight excluding hydrogens is 251 g/mol. The third-order valence-electron chi connectivity index (χ3n) is 2.55. The van der Waals surface area contributed by atoms with Crippen LogP contribution >= 0.6 is 11.6 Å². The zero-order valence-corrected chi connectivity index (χ0v) is 10.4. The fourth-order valence-corrected chi connectivity index (χ4v) is 1.72. The van der Waals surface area contributed by atoms with Crippen LogP contribution in [0, 0.1) is 24.1 Å². The van der Waals surface area contributed by atoms with Gasteiger partial charge in [0.2, 0.25) is 0 Å². The smallest absolute Gasteiger partial charge is 0.128 e. The van der Waals surface area contributed by atoms with Crippen LogP contribution in [0.3, 0.4) is 0 Å². The molecule has 90 valence electrons. The van der Waals surface area contributed by atoms with Crippen LogP contribution in [0.25, 0.3) is 0 Å². The summed E-state index contributed by atoms with van der Waals surface area (Å²) in [7, 11) is 0. The molecule has 0 aliphatic carbocycles. The van der Waals surface area contributed by atoms with Crippen LogP contribution < -0.4 is 5.32 Å². The van der Waals surface area contributed by atoms with E-state index in [1.165, 1.54) is 6.07 Å². The van der Waals surface area contributed by atoms with E-state index < -0.39 is 0 Å². The van der Waals surface area contributed by atoms with Crippen molar-refractivity contribution in [2.75, 3.05) is 5.32 Å².